The molecule has 3 aromatic rings. The molecule has 24 heavy (non-hydrogen) atoms. The van der Waals surface area contributed by atoms with Crippen LogP contribution in [0.3, 0.4) is 0 Å². The summed E-state index contributed by atoms with van der Waals surface area (Å²) < 4.78 is 5.75. The van der Waals surface area contributed by atoms with Crippen molar-refractivity contribution in [2.75, 3.05) is 6.61 Å². The van der Waals surface area contributed by atoms with Gasteiger partial charge in [-0.25, -0.2) is 0 Å². The van der Waals surface area contributed by atoms with E-state index in [1.165, 1.54) is 0 Å². The van der Waals surface area contributed by atoms with E-state index in [2.05, 4.69) is 4.98 Å². The third kappa shape index (κ3) is 1.87. The zero-order valence-electron chi connectivity index (χ0n) is 13.4. The van der Waals surface area contributed by atoms with Gasteiger partial charge in [0.05, 0.1) is 28.6 Å². The zero-order chi connectivity index (χ0) is 16.8. The number of H-pyrrole nitrogens is 1. The second-order valence-corrected chi connectivity index (χ2v) is 6.07. The van der Waals surface area contributed by atoms with E-state index in [0.717, 1.165) is 58.5 Å². The summed E-state index contributed by atoms with van der Waals surface area (Å²) in [6, 6.07) is 5.75. The van der Waals surface area contributed by atoms with Crippen LogP contribution in [0.4, 0.5) is 0 Å². The summed E-state index contributed by atoms with van der Waals surface area (Å²) in [5.41, 5.74) is 10.2. The Balaban J connectivity index is 2.26. The Kier molecular flexibility index (Phi) is 3.30. The summed E-state index contributed by atoms with van der Waals surface area (Å²) in [7, 11) is 0. The van der Waals surface area contributed by atoms with Crippen LogP contribution < -0.4 is 10.5 Å². The average molecular weight is 322 g/mol. The van der Waals surface area contributed by atoms with Gasteiger partial charge in [0.25, 0.3) is 0 Å². The van der Waals surface area contributed by atoms with E-state index in [-0.39, 0.29) is 0 Å². The Morgan fingerprint density at radius 1 is 1.29 bits per heavy atom. The number of rotatable bonds is 4. The molecule has 1 amide bonds. The fourth-order valence-electron chi connectivity index (χ4n) is 3.97. The fourth-order valence-corrected chi connectivity index (χ4v) is 3.97. The predicted molar refractivity (Wildman–Crippen MR) is 92.9 cm³/mol. The number of hydrogen-bond donors (Lipinski definition) is 2. The highest BCUT2D eigenvalue weighted by Crippen LogP contribution is 2.41. The van der Waals surface area contributed by atoms with Crippen molar-refractivity contribution in [1.82, 2.24) is 4.98 Å². The lowest BCUT2D eigenvalue weighted by Gasteiger charge is -2.12. The van der Waals surface area contributed by atoms with E-state index in [4.69, 9.17) is 10.5 Å². The fraction of sp³-hybridized carbons (Fsp3) is 0.263. The molecular formula is C19H18N2O3. The number of fused-ring (bicyclic) bond motifs is 5. The standard InChI is InChI=1S/C19H18N2O3/c1-2-24-14-8-4-7-13-17(14)16-12(9-22)15(19(20)23)10-5-3-6-11(10)18(16)21-13/h4,7-9,21H,2-3,5-6H2,1H3,(H2,20,23). The van der Waals surface area contributed by atoms with Crippen LogP contribution in [0, 0.1) is 0 Å². The number of nitrogens with two attached hydrogens (primary N) is 1. The summed E-state index contributed by atoms with van der Waals surface area (Å²) in [6.07, 6.45) is 3.36. The van der Waals surface area contributed by atoms with Crippen LogP contribution in [0.25, 0.3) is 21.8 Å². The minimum Gasteiger partial charge on any atom is -0.493 e. The lowest BCUT2D eigenvalue weighted by molar-refractivity contribution is 0.0992. The van der Waals surface area contributed by atoms with Gasteiger partial charge < -0.3 is 15.5 Å². The van der Waals surface area contributed by atoms with E-state index in [9.17, 15) is 9.59 Å². The van der Waals surface area contributed by atoms with Crippen molar-refractivity contribution >= 4 is 34.0 Å². The van der Waals surface area contributed by atoms with Crippen molar-refractivity contribution in [2.45, 2.75) is 26.2 Å². The van der Waals surface area contributed by atoms with Gasteiger partial charge >= 0.3 is 0 Å². The van der Waals surface area contributed by atoms with Crippen molar-refractivity contribution in [3.63, 3.8) is 0 Å². The summed E-state index contributed by atoms with van der Waals surface area (Å²) in [5, 5.41) is 1.59. The van der Waals surface area contributed by atoms with Crippen LogP contribution in [-0.4, -0.2) is 23.8 Å². The molecule has 2 aromatic carbocycles. The van der Waals surface area contributed by atoms with E-state index >= 15 is 0 Å². The minimum absolute atomic E-state index is 0.372. The molecule has 1 aliphatic rings. The number of aromatic amines is 1. The largest absolute Gasteiger partial charge is 0.493 e. The highest BCUT2D eigenvalue weighted by molar-refractivity contribution is 6.21. The Morgan fingerprint density at radius 3 is 2.79 bits per heavy atom. The van der Waals surface area contributed by atoms with Gasteiger partial charge in [-0.15, -0.1) is 0 Å². The van der Waals surface area contributed by atoms with E-state index in [0.29, 0.717) is 23.5 Å². The van der Waals surface area contributed by atoms with Gasteiger partial charge in [0.1, 0.15) is 5.75 Å². The molecular weight excluding hydrogens is 304 g/mol. The summed E-state index contributed by atoms with van der Waals surface area (Å²) >= 11 is 0. The molecule has 0 unspecified atom stereocenters. The maximum atomic E-state index is 12.1. The third-order valence-electron chi connectivity index (χ3n) is 4.81. The average Bonchev–Trinajstić information content (AvgIpc) is 3.18. The van der Waals surface area contributed by atoms with Gasteiger partial charge in [0, 0.05) is 10.9 Å². The Labute approximate surface area is 138 Å². The number of amides is 1. The van der Waals surface area contributed by atoms with Gasteiger partial charge in [-0.05, 0) is 49.4 Å². The normalized spacial score (nSPS) is 13.4. The molecule has 1 aromatic heterocycles. The van der Waals surface area contributed by atoms with E-state index in [1.54, 1.807) is 0 Å². The molecule has 4 rings (SSSR count). The maximum absolute atomic E-state index is 12.1. The van der Waals surface area contributed by atoms with Gasteiger partial charge in [-0.3, -0.25) is 9.59 Å². The van der Waals surface area contributed by atoms with Crippen LogP contribution in [0.15, 0.2) is 18.2 Å². The molecule has 0 saturated carbocycles. The lowest BCUT2D eigenvalue weighted by atomic mass is 9.92. The van der Waals surface area contributed by atoms with Crippen molar-refractivity contribution in [2.24, 2.45) is 5.73 Å². The Bertz CT molecular complexity index is 1000. The Morgan fingerprint density at radius 2 is 2.08 bits per heavy atom. The van der Waals surface area contributed by atoms with Gasteiger partial charge in [0.15, 0.2) is 6.29 Å². The van der Waals surface area contributed by atoms with Crippen molar-refractivity contribution in [1.29, 1.82) is 0 Å². The van der Waals surface area contributed by atoms with Gasteiger partial charge in [-0.2, -0.15) is 0 Å². The number of nitrogens with one attached hydrogen (secondary N) is 1. The predicted octanol–water partition coefficient (Wildman–Crippen LogP) is 3.12. The van der Waals surface area contributed by atoms with Crippen LogP contribution >= 0.6 is 0 Å². The molecule has 0 aliphatic heterocycles. The number of hydrogen-bond acceptors (Lipinski definition) is 3. The van der Waals surface area contributed by atoms with E-state index < -0.39 is 5.91 Å². The summed E-state index contributed by atoms with van der Waals surface area (Å²) in [4.78, 5) is 27.4. The number of aryl methyl sites for hydroxylation is 1. The number of aromatic nitrogens is 1. The Hall–Kier alpha value is -2.82. The van der Waals surface area contributed by atoms with Gasteiger partial charge in [-0.1, -0.05) is 6.07 Å². The molecule has 5 heteroatoms. The third-order valence-corrected chi connectivity index (χ3v) is 4.81. The lowest BCUT2D eigenvalue weighted by Crippen LogP contribution is -2.17. The smallest absolute Gasteiger partial charge is 0.249 e. The SMILES string of the molecule is CCOc1cccc2[nH]c3c4c(c(C(N)=O)c(C=O)c3c12)CCC4. The number of ether oxygens (including phenoxy) is 1. The first-order valence-electron chi connectivity index (χ1n) is 8.17. The first kappa shape index (κ1) is 14.8. The maximum Gasteiger partial charge on any atom is 0.249 e. The highest BCUT2D eigenvalue weighted by Gasteiger charge is 2.28. The van der Waals surface area contributed by atoms with E-state index in [1.807, 2.05) is 25.1 Å². The molecule has 5 nitrogen and oxygen atoms in total. The number of aldehydes is 1. The molecule has 0 saturated heterocycles. The second kappa shape index (κ2) is 5.37. The van der Waals surface area contributed by atoms with Crippen molar-refractivity contribution < 1.29 is 14.3 Å². The molecule has 0 spiro atoms. The van der Waals surface area contributed by atoms with Crippen LogP contribution in [0.1, 0.15) is 45.2 Å². The minimum atomic E-state index is -0.541. The first-order valence-corrected chi connectivity index (χ1v) is 8.17. The molecule has 0 radical (unpaired) electrons. The van der Waals surface area contributed by atoms with Crippen molar-refractivity contribution in [3.05, 3.63) is 40.5 Å². The zero-order valence-corrected chi connectivity index (χ0v) is 13.4. The molecule has 0 bridgehead atoms. The summed E-state index contributed by atoms with van der Waals surface area (Å²) in [5.74, 6) is 0.165. The summed E-state index contributed by atoms with van der Waals surface area (Å²) in [6.45, 7) is 2.44. The van der Waals surface area contributed by atoms with Gasteiger partial charge in [0.2, 0.25) is 5.91 Å². The molecule has 122 valence electrons. The van der Waals surface area contributed by atoms with Crippen LogP contribution in [-0.2, 0) is 12.8 Å². The number of carbonyl (C=O) groups excluding carboxylic acids is 2. The monoisotopic (exact) mass is 322 g/mol. The molecule has 1 heterocycles. The molecule has 1 aliphatic carbocycles. The second-order valence-electron chi connectivity index (χ2n) is 6.07. The number of primary amides is 1. The molecule has 0 fully saturated rings. The van der Waals surface area contributed by atoms with Crippen molar-refractivity contribution in [3.8, 4) is 5.75 Å². The molecule has 3 N–H and O–H groups in total. The molecule has 0 atom stereocenters. The number of benzene rings is 2. The highest BCUT2D eigenvalue weighted by atomic mass is 16.5. The quantitative estimate of drug-likeness (QED) is 0.724. The number of carbonyl (C=O) groups is 2. The van der Waals surface area contributed by atoms with Crippen LogP contribution in [0.5, 0.6) is 5.75 Å². The first-order chi connectivity index (χ1) is 11.7. The topological polar surface area (TPSA) is 85.2 Å². The van der Waals surface area contributed by atoms with Crippen LogP contribution in [0.2, 0.25) is 0 Å².